The lowest BCUT2D eigenvalue weighted by Crippen LogP contribution is -2.27. The lowest BCUT2D eigenvalue weighted by atomic mass is 10.2. The second kappa shape index (κ2) is 8.78. The van der Waals surface area contributed by atoms with Crippen LogP contribution in [0, 0.1) is 0 Å². The molecular weight excluding hydrogens is 242 g/mol. The minimum absolute atomic E-state index is 0.00496. The topological polar surface area (TPSA) is 102 Å². The van der Waals surface area contributed by atoms with E-state index in [0.29, 0.717) is 12.8 Å². The molecule has 0 aliphatic carbocycles. The predicted octanol–water partition coefficient (Wildman–Crippen LogP) is 1.01. The number of carbonyl (C=O) groups excluding carboxylic acids is 2. The number of hydroxylamine groups is 1. The first-order valence-corrected chi connectivity index (χ1v) is 5.00. The number of ether oxygens (including phenoxy) is 1. The Hall–Kier alpha value is -1.50. The Morgan fingerprint density at radius 3 is 2.38 bits per heavy atom. The molecule has 0 aromatic heterocycles. The van der Waals surface area contributed by atoms with Crippen LogP contribution in [0.2, 0.25) is 0 Å². The molecule has 0 fully saturated rings. The third-order valence-corrected chi connectivity index (χ3v) is 1.56. The summed E-state index contributed by atoms with van der Waals surface area (Å²) in [5.41, 5.74) is 1.72. The number of nitrogens with one attached hydrogen (secondary N) is 1. The van der Waals surface area contributed by atoms with Crippen molar-refractivity contribution in [1.82, 2.24) is 5.48 Å². The van der Waals surface area contributed by atoms with E-state index >= 15 is 0 Å². The molecule has 0 atom stereocenters. The fourth-order valence-electron chi connectivity index (χ4n) is 0.774. The summed E-state index contributed by atoms with van der Waals surface area (Å²) < 4.78 is 4.21. The van der Waals surface area contributed by atoms with Gasteiger partial charge in [0.15, 0.2) is 6.07 Å². The number of carboxylic acids is 1. The highest BCUT2D eigenvalue weighted by Crippen LogP contribution is 2.00. The number of aliphatic carboxylic acids is 1. The third-order valence-electron chi connectivity index (χ3n) is 1.46. The van der Waals surface area contributed by atoms with E-state index in [1.54, 1.807) is 5.48 Å². The first-order chi connectivity index (χ1) is 7.56. The molecule has 0 unspecified atom stereocenters. The Morgan fingerprint density at radius 1 is 1.19 bits per heavy atom. The SMILES string of the molecule is O=C(O)CCCCC(=O)ONC(=O)OCCl. The lowest BCUT2D eigenvalue weighted by molar-refractivity contribution is -0.150. The summed E-state index contributed by atoms with van der Waals surface area (Å²) in [5.74, 6) is -1.59. The molecule has 8 heteroatoms. The highest BCUT2D eigenvalue weighted by atomic mass is 35.5. The highest BCUT2D eigenvalue weighted by Gasteiger charge is 2.07. The summed E-state index contributed by atoms with van der Waals surface area (Å²) in [6, 6.07) is -0.345. The fraction of sp³-hybridized carbons (Fsp3) is 0.625. The molecular formula is C8H12ClNO6. The van der Waals surface area contributed by atoms with Gasteiger partial charge in [-0.15, -0.1) is 5.48 Å². The molecule has 0 aliphatic heterocycles. The summed E-state index contributed by atoms with van der Waals surface area (Å²) in [6.45, 7) is 0. The maximum Gasteiger partial charge on any atom is 0.441 e. The average molecular weight is 254 g/mol. The average Bonchev–Trinajstić information content (AvgIpc) is 2.22. The van der Waals surface area contributed by atoms with Crippen LogP contribution in [0.3, 0.4) is 0 Å². The number of hydrogen-bond acceptors (Lipinski definition) is 5. The van der Waals surface area contributed by atoms with E-state index in [1.165, 1.54) is 0 Å². The van der Waals surface area contributed by atoms with Gasteiger partial charge in [0.2, 0.25) is 0 Å². The minimum Gasteiger partial charge on any atom is -0.481 e. The van der Waals surface area contributed by atoms with Crippen molar-refractivity contribution in [2.45, 2.75) is 25.7 Å². The lowest BCUT2D eigenvalue weighted by Gasteiger charge is -2.04. The standard InChI is InChI=1S/C8H12ClNO6/c9-5-15-8(14)10-16-7(13)4-2-1-3-6(11)12/h1-5H2,(H,10,14)(H,11,12). The van der Waals surface area contributed by atoms with Crippen molar-refractivity contribution in [3.05, 3.63) is 0 Å². The maximum atomic E-state index is 10.9. The smallest absolute Gasteiger partial charge is 0.441 e. The molecule has 0 heterocycles. The number of unbranched alkanes of at least 4 members (excludes halogenated alkanes) is 1. The van der Waals surface area contributed by atoms with Crippen LogP contribution in [-0.4, -0.2) is 29.2 Å². The van der Waals surface area contributed by atoms with E-state index in [2.05, 4.69) is 9.57 Å². The van der Waals surface area contributed by atoms with Gasteiger partial charge in [0.25, 0.3) is 0 Å². The molecule has 0 bridgehead atoms. The summed E-state index contributed by atoms with van der Waals surface area (Å²) in [5, 5.41) is 8.31. The van der Waals surface area contributed by atoms with Crippen molar-refractivity contribution in [3.8, 4) is 0 Å². The zero-order valence-electron chi connectivity index (χ0n) is 8.40. The van der Waals surface area contributed by atoms with Crippen LogP contribution in [0.25, 0.3) is 0 Å². The van der Waals surface area contributed by atoms with Gasteiger partial charge in [-0.1, -0.05) is 11.6 Å². The van der Waals surface area contributed by atoms with Crippen molar-refractivity contribution in [3.63, 3.8) is 0 Å². The van der Waals surface area contributed by atoms with E-state index in [1.807, 2.05) is 0 Å². The summed E-state index contributed by atoms with van der Waals surface area (Å²) in [7, 11) is 0. The van der Waals surface area contributed by atoms with E-state index < -0.39 is 18.0 Å². The number of halogens is 1. The Bertz CT molecular complexity index is 257. The largest absolute Gasteiger partial charge is 0.481 e. The second-order valence-corrected chi connectivity index (χ2v) is 2.94. The van der Waals surface area contributed by atoms with Crippen LogP contribution < -0.4 is 5.48 Å². The molecule has 0 aromatic rings. The number of rotatable bonds is 6. The quantitative estimate of drug-likeness (QED) is 0.416. The van der Waals surface area contributed by atoms with E-state index in [0.717, 1.165) is 0 Å². The first kappa shape index (κ1) is 14.5. The normalized spacial score (nSPS) is 9.31. The van der Waals surface area contributed by atoms with Crippen molar-refractivity contribution in [1.29, 1.82) is 0 Å². The highest BCUT2D eigenvalue weighted by molar-refractivity contribution is 6.17. The van der Waals surface area contributed by atoms with Gasteiger partial charge >= 0.3 is 18.0 Å². The van der Waals surface area contributed by atoms with Crippen LogP contribution in [0.5, 0.6) is 0 Å². The second-order valence-electron chi connectivity index (χ2n) is 2.72. The van der Waals surface area contributed by atoms with Gasteiger partial charge < -0.3 is 14.7 Å². The molecule has 1 amide bonds. The maximum absolute atomic E-state index is 10.9. The number of alkyl halides is 1. The van der Waals surface area contributed by atoms with Gasteiger partial charge in [0.05, 0.1) is 0 Å². The molecule has 16 heavy (non-hydrogen) atoms. The number of hydrogen-bond donors (Lipinski definition) is 2. The monoisotopic (exact) mass is 253 g/mol. The fourth-order valence-corrected chi connectivity index (χ4v) is 0.873. The van der Waals surface area contributed by atoms with Gasteiger partial charge in [0, 0.05) is 12.8 Å². The summed E-state index contributed by atoms with van der Waals surface area (Å²) in [6.07, 6.45) is -0.203. The molecule has 0 rings (SSSR count). The molecule has 0 saturated carbocycles. The van der Waals surface area contributed by atoms with Gasteiger partial charge in [0.1, 0.15) is 0 Å². The van der Waals surface area contributed by atoms with Crippen molar-refractivity contribution >= 4 is 29.6 Å². The van der Waals surface area contributed by atoms with Crippen molar-refractivity contribution in [2.75, 3.05) is 6.07 Å². The number of amides is 1. The Morgan fingerprint density at radius 2 is 1.81 bits per heavy atom. The number of carboxylic acid groups (broad SMARTS) is 1. The van der Waals surface area contributed by atoms with E-state index in [-0.39, 0.29) is 18.9 Å². The van der Waals surface area contributed by atoms with Crippen LogP contribution in [0.1, 0.15) is 25.7 Å². The molecule has 0 aromatic carbocycles. The van der Waals surface area contributed by atoms with Gasteiger partial charge in [-0.3, -0.25) is 4.79 Å². The third kappa shape index (κ3) is 9.07. The van der Waals surface area contributed by atoms with Crippen LogP contribution in [0.4, 0.5) is 4.79 Å². The minimum atomic E-state index is -0.964. The Kier molecular flexibility index (Phi) is 7.96. The molecule has 0 spiro atoms. The Labute approximate surface area is 96.6 Å². The summed E-state index contributed by atoms with van der Waals surface area (Å²) >= 11 is 5.06. The van der Waals surface area contributed by atoms with Crippen molar-refractivity contribution < 1.29 is 29.1 Å². The Balaban J connectivity index is 3.44. The van der Waals surface area contributed by atoms with Gasteiger partial charge in [-0.2, -0.15) is 0 Å². The zero-order valence-corrected chi connectivity index (χ0v) is 9.16. The number of carbonyl (C=O) groups is 3. The molecule has 2 N–H and O–H groups in total. The van der Waals surface area contributed by atoms with Crippen LogP contribution in [0.15, 0.2) is 0 Å². The predicted molar refractivity (Wildman–Crippen MR) is 52.5 cm³/mol. The molecule has 7 nitrogen and oxygen atoms in total. The van der Waals surface area contributed by atoms with E-state index in [4.69, 9.17) is 16.7 Å². The van der Waals surface area contributed by atoms with Crippen molar-refractivity contribution in [2.24, 2.45) is 0 Å². The van der Waals surface area contributed by atoms with Crippen LogP contribution >= 0.6 is 11.6 Å². The van der Waals surface area contributed by atoms with E-state index in [9.17, 15) is 14.4 Å². The summed E-state index contributed by atoms with van der Waals surface area (Å²) in [4.78, 5) is 35.9. The molecule has 0 radical (unpaired) electrons. The molecule has 92 valence electrons. The molecule has 0 aliphatic rings. The first-order valence-electron chi connectivity index (χ1n) is 4.46. The zero-order chi connectivity index (χ0) is 12.4. The van der Waals surface area contributed by atoms with Gasteiger partial charge in [-0.05, 0) is 12.8 Å². The molecule has 0 saturated heterocycles. The van der Waals surface area contributed by atoms with Gasteiger partial charge in [-0.25, -0.2) is 9.59 Å². The van der Waals surface area contributed by atoms with Crippen LogP contribution in [-0.2, 0) is 19.2 Å².